The molecule has 7 heteroatoms. The van der Waals surface area contributed by atoms with Crippen molar-refractivity contribution in [2.75, 3.05) is 40.1 Å². The van der Waals surface area contributed by atoms with E-state index in [4.69, 9.17) is 18.9 Å². The fourth-order valence-corrected chi connectivity index (χ4v) is 2.96. The molecule has 0 spiro atoms. The van der Waals surface area contributed by atoms with Crippen molar-refractivity contribution in [2.24, 2.45) is 0 Å². The predicted molar refractivity (Wildman–Crippen MR) is 104 cm³/mol. The second-order valence-corrected chi connectivity index (χ2v) is 6.60. The molecular formula is C21H27N2O5+. The lowest BCUT2D eigenvalue weighted by atomic mass is 10.2. The van der Waals surface area contributed by atoms with Gasteiger partial charge < -0.3 is 29.2 Å². The van der Waals surface area contributed by atoms with E-state index in [1.165, 1.54) is 0 Å². The second-order valence-electron chi connectivity index (χ2n) is 6.60. The lowest BCUT2D eigenvalue weighted by Gasteiger charge is -2.14. The Labute approximate surface area is 165 Å². The second kappa shape index (κ2) is 9.85. The van der Waals surface area contributed by atoms with Gasteiger partial charge in [0.1, 0.15) is 24.7 Å². The average Bonchev–Trinajstić information content (AvgIpc) is 3.14. The maximum absolute atomic E-state index is 12.1. The highest BCUT2D eigenvalue weighted by atomic mass is 16.7. The number of likely N-dealkylation sites (N-methyl/N-ethyl adjacent to an activating group) is 1. The van der Waals surface area contributed by atoms with E-state index >= 15 is 0 Å². The highest BCUT2D eigenvalue weighted by molar-refractivity contribution is 5.76. The minimum atomic E-state index is -0.00598. The fraction of sp³-hybridized carbons (Fsp3) is 0.381. The molecule has 0 aromatic heterocycles. The van der Waals surface area contributed by atoms with Gasteiger partial charge in [-0.2, -0.15) is 0 Å². The highest BCUT2D eigenvalue weighted by Crippen LogP contribution is 2.32. The molecule has 150 valence electrons. The van der Waals surface area contributed by atoms with Crippen LogP contribution in [-0.4, -0.2) is 46.1 Å². The number of benzene rings is 2. The third-order valence-corrected chi connectivity index (χ3v) is 4.23. The van der Waals surface area contributed by atoms with Crippen molar-refractivity contribution in [1.82, 2.24) is 5.32 Å². The van der Waals surface area contributed by atoms with Crippen LogP contribution in [0.4, 0.5) is 0 Å². The van der Waals surface area contributed by atoms with Crippen LogP contribution in [0.5, 0.6) is 23.0 Å². The quantitative estimate of drug-likeness (QED) is 0.596. The lowest BCUT2D eigenvalue weighted by molar-refractivity contribution is -0.885. The number of carbonyl (C=O) groups excluding carboxylic acids is 1. The Hall–Kier alpha value is -2.93. The average molecular weight is 387 g/mol. The smallest absolute Gasteiger partial charge is 0.275 e. The van der Waals surface area contributed by atoms with E-state index in [9.17, 15) is 4.79 Å². The third kappa shape index (κ3) is 5.79. The molecule has 7 nitrogen and oxygen atoms in total. The molecular weight excluding hydrogens is 360 g/mol. The largest absolute Gasteiger partial charge is 0.494 e. The van der Waals surface area contributed by atoms with Crippen LogP contribution in [-0.2, 0) is 11.3 Å². The molecule has 1 unspecified atom stereocenters. The van der Waals surface area contributed by atoms with Gasteiger partial charge in [0.05, 0.1) is 20.2 Å². The van der Waals surface area contributed by atoms with Gasteiger partial charge in [-0.15, -0.1) is 0 Å². The first-order valence-electron chi connectivity index (χ1n) is 9.46. The molecule has 1 heterocycles. The maximum atomic E-state index is 12.1. The van der Waals surface area contributed by atoms with E-state index in [0.29, 0.717) is 26.3 Å². The van der Waals surface area contributed by atoms with E-state index in [1.807, 2.05) is 56.4 Å². The number of hydrogen-bond acceptors (Lipinski definition) is 5. The molecule has 3 rings (SSSR count). The van der Waals surface area contributed by atoms with Gasteiger partial charge >= 0.3 is 0 Å². The van der Waals surface area contributed by atoms with Crippen molar-refractivity contribution in [3.63, 3.8) is 0 Å². The van der Waals surface area contributed by atoms with Gasteiger partial charge in [0.2, 0.25) is 6.79 Å². The minimum Gasteiger partial charge on any atom is -0.494 e. The number of fused-ring (bicyclic) bond motifs is 1. The van der Waals surface area contributed by atoms with E-state index in [0.717, 1.165) is 40.0 Å². The topological polar surface area (TPSA) is 70.5 Å². The zero-order valence-corrected chi connectivity index (χ0v) is 16.3. The van der Waals surface area contributed by atoms with Crippen LogP contribution in [0.15, 0.2) is 42.5 Å². The van der Waals surface area contributed by atoms with E-state index in [1.54, 1.807) is 0 Å². The van der Waals surface area contributed by atoms with Gasteiger partial charge in [-0.05, 0) is 49.4 Å². The van der Waals surface area contributed by atoms with Gasteiger partial charge in [0, 0.05) is 5.56 Å². The van der Waals surface area contributed by atoms with Crippen molar-refractivity contribution < 1.29 is 28.6 Å². The lowest BCUT2D eigenvalue weighted by Crippen LogP contribution is -3.08. The van der Waals surface area contributed by atoms with Gasteiger partial charge in [-0.3, -0.25) is 4.79 Å². The van der Waals surface area contributed by atoms with E-state index < -0.39 is 0 Å². The number of rotatable bonds is 10. The molecule has 0 fully saturated rings. The number of quaternary nitrogens is 1. The van der Waals surface area contributed by atoms with Crippen molar-refractivity contribution in [2.45, 2.75) is 13.5 Å². The van der Waals surface area contributed by atoms with Gasteiger partial charge in [-0.1, -0.05) is 0 Å². The summed E-state index contributed by atoms with van der Waals surface area (Å²) >= 11 is 0. The van der Waals surface area contributed by atoms with Crippen molar-refractivity contribution in [3.05, 3.63) is 48.0 Å². The number of nitrogens with one attached hydrogen (secondary N) is 2. The number of amides is 1. The van der Waals surface area contributed by atoms with Crippen LogP contribution < -0.4 is 29.2 Å². The molecule has 2 aromatic rings. The monoisotopic (exact) mass is 387 g/mol. The van der Waals surface area contributed by atoms with Gasteiger partial charge in [-0.25, -0.2) is 0 Å². The molecule has 1 aliphatic rings. The van der Waals surface area contributed by atoms with Crippen LogP contribution in [0.1, 0.15) is 12.5 Å². The zero-order valence-electron chi connectivity index (χ0n) is 16.3. The molecule has 0 bridgehead atoms. The summed E-state index contributed by atoms with van der Waals surface area (Å²) in [5.41, 5.74) is 1.10. The molecule has 2 N–H and O–H groups in total. The fourth-order valence-electron chi connectivity index (χ4n) is 2.96. The van der Waals surface area contributed by atoms with Crippen LogP contribution in [0.25, 0.3) is 0 Å². The van der Waals surface area contributed by atoms with Crippen molar-refractivity contribution in [3.8, 4) is 23.0 Å². The molecule has 0 saturated heterocycles. The van der Waals surface area contributed by atoms with E-state index in [-0.39, 0.29) is 12.7 Å². The molecule has 28 heavy (non-hydrogen) atoms. The summed E-state index contributed by atoms with van der Waals surface area (Å²) in [5, 5.41) is 2.89. The van der Waals surface area contributed by atoms with Crippen LogP contribution in [0, 0.1) is 0 Å². The van der Waals surface area contributed by atoms with Gasteiger partial charge in [0.25, 0.3) is 5.91 Å². The Balaban J connectivity index is 1.33. The van der Waals surface area contributed by atoms with Crippen LogP contribution >= 0.6 is 0 Å². The molecule has 0 aliphatic carbocycles. The zero-order chi connectivity index (χ0) is 19.8. The number of hydrogen-bond donors (Lipinski definition) is 2. The Morgan fingerprint density at radius 3 is 2.54 bits per heavy atom. The van der Waals surface area contributed by atoms with Crippen molar-refractivity contribution >= 4 is 5.91 Å². The molecule has 0 saturated carbocycles. The summed E-state index contributed by atoms with van der Waals surface area (Å²) in [6.07, 6.45) is 0. The third-order valence-electron chi connectivity index (χ3n) is 4.23. The first kappa shape index (κ1) is 19.8. The maximum Gasteiger partial charge on any atom is 0.275 e. The predicted octanol–water partition coefficient (Wildman–Crippen LogP) is 1.02. The Kier molecular flexibility index (Phi) is 6.97. The summed E-state index contributed by atoms with van der Waals surface area (Å²) in [5.74, 6) is 3.10. The summed E-state index contributed by atoms with van der Waals surface area (Å²) in [4.78, 5) is 13.2. The Morgan fingerprint density at radius 2 is 1.79 bits per heavy atom. The summed E-state index contributed by atoms with van der Waals surface area (Å²) in [6.45, 7) is 4.84. The van der Waals surface area contributed by atoms with E-state index in [2.05, 4.69) is 5.32 Å². The highest BCUT2D eigenvalue weighted by Gasteiger charge is 2.16. The molecule has 1 atom stereocenters. The first-order valence-corrected chi connectivity index (χ1v) is 9.46. The molecule has 2 aromatic carbocycles. The molecule has 1 aliphatic heterocycles. The molecule has 1 amide bonds. The minimum absolute atomic E-state index is 0.00598. The van der Waals surface area contributed by atoms with Crippen LogP contribution in [0.3, 0.4) is 0 Å². The Bertz CT molecular complexity index is 779. The molecule has 0 radical (unpaired) electrons. The summed E-state index contributed by atoms with van der Waals surface area (Å²) < 4.78 is 21.7. The number of carbonyl (C=O) groups is 1. The Morgan fingerprint density at radius 1 is 1.07 bits per heavy atom. The number of ether oxygens (including phenoxy) is 4. The first-order chi connectivity index (χ1) is 13.6. The SMILES string of the molecule is CCOc1ccc(OCCNC(=O)C[NH+](C)Cc2ccc3c(c2)OCO3)cc1. The van der Waals surface area contributed by atoms with Crippen molar-refractivity contribution in [1.29, 1.82) is 0 Å². The van der Waals surface area contributed by atoms with Crippen LogP contribution in [0.2, 0.25) is 0 Å². The van der Waals surface area contributed by atoms with Gasteiger partial charge in [0.15, 0.2) is 18.0 Å². The summed E-state index contributed by atoms with van der Waals surface area (Å²) in [7, 11) is 1.99. The summed E-state index contributed by atoms with van der Waals surface area (Å²) in [6, 6.07) is 13.3. The normalized spacial score (nSPS) is 13.1. The standard InChI is InChI=1S/C21H26N2O5/c1-3-25-17-5-7-18(8-6-17)26-11-10-22-21(24)14-23(2)13-16-4-9-19-20(12-16)28-15-27-19/h4-9,12H,3,10-11,13-15H2,1-2H3,(H,22,24)/p+1.